The summed E-state index contributed by atoms with van der Waals surface area (Å²) in [6, 6.07) is 11.6. The third-order valence-corrected chi connectivity index (χ3v) is 2.66. The second-order valence-corrected chi connectivity index (χ2v) is 3.95. The number of nitrogens with zero attached hydrogens (tertiary/aromatic N) is 3. The number of hydrogen-bond donors (Lipinski definition) is 2. The van der Waals surface area contributed by atoms with Gasteiger partial charge in [-0.3, -0.25) is 14.9 Å². The molecule has 1 aromatic carbocycles. The maximum absolute atomic E-state index is 11.1. The molecule has 0 aliphatic carbocycles. The number of rotatable bonds is 4. The fourth-order valence-electron chi connectivity index (χ4n) is 1.72. The zero-order valence-corrected chi connectivity index (χ0v) is 10.2. The Morgan fingerprint density at radius 2 is 2.16 bits per heavy atom. The Kier molecular flexibility index (Phi) is 3.90. The highest BCUT2D eigenvalue weighted by Crippen LogP contribution is 2.21. The maximum atomic E-state index is 11.1. The van der Waals surface area contributed by atoms with Crippen LogP contribution in [0.3, 0.4) is 0 Å². The number of nitrogens with one attached hydrogen (secondary N) is 1. The van der Waals surface area contributed by atoms with Gasteiger partial charge in [-0.05, 0) is 0 Å². The van der Waals surface area contributed by atoms with Crippen molar-refractivity contribution in [2.45, 2.75) is 13.0 Å². The maximum Gasteiger partial charge on any atom is 0.235 e. The lowest BCUT2D eigenvalue weighted by molar-refractivity contribution is -0.121. The van der Waals surface area contributed by atoms with E-state index in [1.54, 1.807) is 10.9 Å². The first-order chi connectivity index (χ1) is 9.24. The van der Waals surface area contributed by atoms with E-state index in [-0.39, 0.29) is 12.3 Å². The van der Waals surface area contributed by atoms with Crippen molar-refractivity contribution < 1.29 is 4.79 Å². The van der Waals surface area contributed by atoms with Crippen LogP contribution in [0.1, 0.15) is 12.0 Å². The molecule has 0 radical (unpaired) electrons. The van der Waals surface area contributed by atoms with Crippen LogP contribution in [0.2, 0.25) is 0 Å². The van der Waals surface area contributed by atoms with E-state index in [1.807, 2.05) is 30.3 Å². The van der Waals surface area contributed by atoms with E-state index in [0.717, 1.165) is 5.56 Å². The number of benzene rings is 1. The topological polar surface area (TPSA) is 96.7 Å². The predicted molar refractivity (Wildman–Crippen MR) is 69.3 cm³/mol. The molecule has 6 heteroatoms. The van der Waals surface area contributed by atoms with Gasteiger partial charge in [-0.1, -0.05) is 30.3 Å². The van der Waals surface area contributed by atoms with E-state index in [9.17, 15) is 4.79 Å². The number of amides is 1. The Labute approximate surface area is 110 Å². The van der Waals surface area contributed by atoms with Crippen molar-refractivity contribution in [1.82, 2.24) is 15.2 Å². The minimum atomic E-state index is -0.268. The summed E-state index contributed by atoms with van der Waals surface area (Å²) < 4.78 is 1.58. The molecule has 96 valence electrons. The smallest absolute Gasteiger partial charge is 0.235 e. The molecule has 2 rings (SSSR count). The van der Waals surface area contributed by atoms with Crippen molar-refractivity contribution >= 4 is 5.91 Å². The molecule has 1 aromatic heterocycles. The van der Waals surface area contributed by atoms with Crippen LogP contribution in [-0.4, -0.2) is 15.7 Å². The molecule has 1 amide bonds. The quantitative estimate of drug-likeness (QED) is 0.480. The molecule has 0 saturated carbocycles. The SMILES string of the molecule is N#Cc1cn(CCC(=O)NN)nc1-c1ccccc1. The van der Waals surface area contributed by atoms with Crippen LogP contribution < -0.4 is 11.3 Å². The Balaban J connectivity index is 2.24. The van der Waals surface area contributed by atoms with Gasteiger partial charge in [0.15, 0.2) is 0 Å². The summed E-state index contributed by atoms with van der Waals surface area (Å²) in [5, 5.41) is 13.4. The van der Waals surface area contributed by atoms with Gasteiger partial charge in [-0.25, -0.2) is 5.84 Å². The third kappa shape index (κ3) is 2.97. The summed E-state index contributed by atoms with van der Waals surface area (Å²) in [5.41, 5.74) is 4.04. The molecule has 0 aliphatic rings. The van der Waals surface area contributed by atoms with E-state index in [1.165, 1.54) is 0 Å². The first-order valence-corrected chi connectivity index (χ1v) is 5.77. The van der Waals surface area contributed by atoms with E-state index in [2.05, 4.69) is 16.6 Å². The van der Waals surface area contributed by atoms with Gasteiger partial charge >= 0.3 is 0 Å². The number of carbonyl (C=O) groups excluding carboxylic acids is 1. The molecule has 1 heterocycles. The van der Waals surface area contributed by atoms with Gasteiger partial charge < -0.3 is 0 Å². The minimum absolute atomic E-state index is 0.220. The zero-order valence-electron chi connectivity index (χ0n) is 10.2. The van der Waals surface area contributed by atoms with Crippen molar-refractivity contribution in [1.29, 1.82) is 5.26 Å². The summed E-state index contributed by atoms with van der Waals surface area (Å²) in [6.07, 6.45) is 1.85. The average Bonchev–Trinajstić information content (AvgIpc) is 2.89. The van der Waals surface area contributed by atoms with Crippen LogP contribution in [0.25, 0.3) is 11.3 Å². The lowest BCUT2D eigenvalue weighted by Crippen LogP contribution is -2.30. The van der Waals surface area contributed by atoms with Gasteiger partial charge in [0.25, 0.3) is 0 Å². The summed E-state index contributed by atoms with van der Waals surface area (Å²) in [5.74, 6) is 4.74. The van der Waals surface area contributed by atoms with Crippen LogP contribution in [-0.2, 0) is 11.3 Å². The Morgan fingerprint density at radius 3 is 2.79 bits per heavy atom. The molecule has 0 bridgehead atoms. The van der Waals surface area contributed by atoms with Crippen LogP contribution in [0.15, 0.2) is 36.5 Å². The van der Waals surface area contributed by atoms with Crippen molar-refractivity contribution in [3.8, 4) is 17.3 Å². The summed E-state index contributed by atoms with van der Waals surface area (Å²) in [4.78, 5) is 11.1. The molecule has 6 nitrogen and oxygen atoms in total. The standard InChI is InChI=1S/C13H13N5O/c14-8-11-9-18(7-6-12(19)16-15)17-13(11)10-4-2-1-3-5-10/h1-5,9H,6-7,15H2,(H,16,19). The Hall–Kier alpha value is -2.65. The van der Waals surface area contributed by atoms with E-state index in [0.29, 0.717) is 17.8 Å². The number of hydrogen-bond acceptors (Lipinski definition) is 4. The molecule has 0 atom stereocenters. The molecular weight excluding hydrogens is 242 g/mol. The molecule has 3 N–H and O–H groups in total. The fourth-order valence-corrected chi connectivity index (χ4v) is 1.72. The number of nitrogens with two attached hydrogens (primary N) is 1. The largest absolute Gasteiger partial charge is 0.294 e. The number of nitriles is 1. The van der Waals surface area contributed by atoms with Crippen molar-refractivity contribution in [3.05, 3.63) is 42.1 Å². The number of hydrazine groups is 1. The van der Waals surface area contributed by atoms with Crippen molar-refractivity contribution in [2.75, 3.05) is 0 Å². The molecule has 0 spiro atoms. The van der Waals surface area contributed by atoms with Gasteiger partial charge in [0.2, 0.25) is 5.91 Å². The predicted octanol–water partition coefficient (Wildman–Crippen LogP) is 0.802. The Morgan fingerprint density at radius 1 is 1.42 bits per heavy atom. The first kappa shape index (κ1) is 12.8. The molecule has 0 unspecified atom stereocenters. The normalized spacial score (nSPS) is 9.89. The fraction of sp³-hybridized carbons (Fsp3) is 0.154. The van der Waals surface area contributed by atoms with Crippen LogP contribution in [0, 0.1) is 11.3 Å². The van der Waals surface area contributed by atoms with Gasteiger partial charge in [-0.2, -0.15) is 10.4 Å². The zero-order chi connectivity index (χ0) is 13.7. The number of aryl methyl sites for hydroxylation is 1. The highest BCUT2D eigenvalue weighted by Gasteiger charge is 2.11. The third-order valence-electron chi connectivity index (χ3n) is 2.66. The van der Waals surface area contributed by atoms with Gasteiger partial charge in [0.1, 0.15) is 11.8 Å². The van der Waals surface area contributed by atoms with Crippen molar-refractivity contribution in [2.24, 2.45) is 5.84 Å². The minimum Gasteiger partial charge on any atom is -0.294 e. The summed E-state index contributed by atoms with van der Waals surface area (Å²) in [7, 11) is 0. The molecule has 0 saturated heterocycles. The summed E-state index contributed by atoms with van der Waals surface area (Å²) >= 11 is 0. The monoisotopic (exact) mass is 255 g/mol. The van der Waals surface area contributed by atoms with E-state index in [4.69, 9.17) is 11.1 Å². The summed E-state index contributed by atoms with van der Waals surface area (Å²) in [6.45, 7) is 0.380. The number of carbonyl (C=O) groups is 1. The second-order valence-electron chi connectivity index (χ2n) is 3.95. The van der Waals surface area contributed by atoms with Crippen LogP contribution in [0.5, 0.6) is 0 Å². The molecular formula is C13H13N5O. The lowest BCUT2D eigenvalue weighted by atomic mass is 10.1. The van der Waals surface area contributed by atoms with Crippen molar-refractivity contribution in [3.63, 3.8) is 0 Å². The van der Waals surface area contributed by atoms with Gasteiger partial charge in [0, 0.05) is 24.7 Å². The molecule has 0 aliphatic heterocycles. The molecule has 2 aromatic rings. The van der Waals surface area contributed by atoms with Gasteiger partial charge in [-0.15, -0.1) is 0 Å². The van der Waals surface area contributed by atoms with Gasteiger partial charge in [0.05, 0.1) is 5.56 Å². The highest BCUT2D eigenvalue weighted by molar-refractivity contribution is 5.75. The lowest BCUT2D eigenvalue weighted by Gasteiger charge is -2.00. The average molecular weight is 255 g/mol. The number of aromatic nitrogens is 2. The van der Waals surface area contributed by atoms with E-state index < -0.39 is 0 Å². The first-order valence-electron chi connectivity index (χ1n) is 5.77. The Bertz CT molecular complexity index is 612. The van der Waals surface area contributed by atoms with Crippen LogP contribution >= 0.6 is 0 Å². The second kappa shape index (κ2) is 5.80. The van der Waals surface area contributed by atoms with E-state index >= 15 is 0 Å². The van der Waals surface area contributed by atoms with Crippen LogP contribution in [0.4, 0.5) is 0 Å². The molecule has 0 fully saturated rings. The molecule has 19 heavy (non-hydrogen) atoms. The highest BCUT2D eigenvalue weighted by atomic mass is 16.2.